The fraction of sp³-hybridized carbons (Fsp3) is 0.412. The molecule has 10 nitrogen and oxygen atoms in total. The highest BCUT2D eigenvalue weighted by Crippen LogP contribution is 2.50. The Hall–Kier alpha value is -3.78. The summed E-state index contributed by atoms with van der Waals surface area (Å²) in [6.07, 6.45) is 4.92. The molecule has 3 aromatic rings. The van der Waals surface area contributed by atoms with Crippen molar-refractivity contribution < 1.29 is 23.0 Å². The fourth-order valence-corrected chi connectivity index (χ4v) is 6.95. The average molecular weight is 650 g/mol. The number of hydrogen-bond donors (Lipinski definition) is 1. The topological polar surface area (TPSA) is 119 Å². The van der Waals surface area contributed by atoms with E-state index in [1.54, 1.807) is 60.8 Å². The van der Waals surface area contributed by atoms with Crippen LogP contribution in [-0.2, 0) is 13.8 Å². The minimum absolute atomic E-state index is 0.0882. The molecule has 1 amide bonds. The van der Waals surface area contributed by atoms with Crippen molar-refractivity contribution in [2.45, 2.75) is 84.4 Å². The minimum Gasteiger partial charge on any atom is -0.352 e. The first-order valence-electron chi connectivity index (χ1n) is 15.4. The van der Waals surface area contributed by atoms with Crippen LogP contribution >= 0.6 is 8.53 Å². The monoisotopic (exact) mass is 649 g/mol. The molecular formula is C34H41FN5O5P. The summed E-state index contributed by atoms with van der Waals surface area (Å²) in [5, 5.41) is 11.8. The Morgan fingerprint density at radius 2 is 1.87 bits per heavy atom. The number of halogens is 1. The maximum absolute atomic E-state index is 13.5. The number of hydrogen-bond acceptors (Lipinski definition) is 8. The summed E-state index contributed by atoms with van der Waals surface area (Å²) in [5.74, 6) is -0.680. The van der Waals surface area contributed by atoms with Gasteiger partial charge in [-0.2, -0.15) is 10.2 Å². The van der Waals surface area contributed by atoms with E-state index in [1.807, 2.05) is 6.92 Å². The van der Waals surface area contributed by atoms with Crippen molar-refractivity contribution in [3.05, 3.63) is 93.8 Å². The lowest BCUT2D eigenvalue weighted by atomic mass is 10.1. The van der Waals surface area contributed by atoms with Crippen LogP contribution in [0.15, 0.2) is 65.6 Å². The third-order valence-electron chi connectivity index (χ3n) is 7.35. The van der Waals surface area contributed by atoms with E-state index >= 15 is 0 Å². The molecule has 1 N–H and O–H groups in total. The highest BCUT2D eigenvalue weighted by molar-refractivity contribution is 7.44. The van der Waals surface area contributed by atoms with E-state index in [0.29, 0.717) is 24.0 Å². The molecule has 1 aromatic heterocycles. The minimum atomic E-state index is -1.52. The predicted octanol–water partition coefficient (Wildman–Crippen LogP) is 7.16. The van der Waals surface area contributed by atoms with Gasteiger partial charge in [0.15, 0.2) is 0 Å². The summed E-state index contributed by atoms with van der Waals surface area (Å²) in [5.41, 5.74) is 1.00. The Kier molecular flexibility index (Phi) is 12.7. The van der Waals surface area contributed by atoms with Gasteiger partial charge in [-0.05, 0) is 70.0 Å². The third-order valence-corrected chi connectivity index (χ3v) is 9.51. The van der Waals surface area contributed by atoms with Crippen LogP contribution < -0.4 is 11.0 Å². The number of aromatic nitrogens is 2. The maximum Gasteiger partial charge on any atom is 0.351 e. The van der Waals surface area contributed by atoms with Gasteiger partial charge in [0.25, 0.3) is 14.4 Å². The number of ether oxygens (including phenoxy) is 1. The largest absolute Gasteiger partial charge is 0.352 e. The molecule has 12 heteroatoms. The van der Waals surface area contributed by atoms with Crippen LogP contribution in [0.4, 0.5) is 10.2 Å². The van der Waals surface area contributed by atoms with Crippen molar-refractivity contribution in [3.63, 3.8) is 0 Å². The zero-order valence-electron chi connectivity index (χ0n) is 26.8. The maximum atomic E-state index is 13.5. The second-order valence-electron chi connectivity index (χ2n) is 11.4. The summed E-state index contributed by atoms with van der Waals surface area (Å²) in [6, 6.07) is 17.0. The first kappa shape index (κ1) is 35.1. The molecule has 0 spiro atoms. The van der Waals surface area contributed by atoms with Crippen LogP contribution in [0.1, 0.15) is 81.6 Å². The van der Waals surface area contributed by atoms with Gasteiger partial charge in [0.05, 0.1) is 31.3 Å². The Morgan fingerprint density at radius 1 is 1.17 bits per heavy atom. The molecule has 2 aromatic carbocycles. The second-order valence-corrected chi connectivity index (χ2v) is 12.8. The Labute approximate surface area is 270 Å². The molecule has 0 bridgehead atoms. The zero-order chi connectivity index (χ0) is 33.2. The van der Waals surface area contributed by atoms with Crippen LogP contribution in [0.3, 0.4) is 0 Å². The van der Waals surface area contributed by atoms with E-state index < -0.39 is 26.4 Å². The van der Waals surface area contributed by atoms with Crippen LogP contribution in [0, 0.1) is 17.1 Å². The van der Waals surface area contributed by atoms with Crippen molar-refractivity contribution in [2.75, 3.05) is 11.9 Å². The summed E-state index contributed by atoms with van der Waals surface area (Å²) in [4.78, 5) is 30.7. The lowest BCUT2D eigenvalue weighted by molar-refractivity contribution is -0.0200. The highest BCUT2D eigenvalue weighted by atomic mass is 31.2. The number of nitriles is 1. The molecule has 1 aliphatic rings. The smallest absolute Gasteiger partial charge is 0.351 e. The van der Waals surface area contributed by atoms with Gasteiger partial charge in [-0.3, -0.25) is 9.36 Å². The first-order valence-corrected chi connectivity index (χ1v) is 16.6. The number of nitrogens with zero attached hydrogens (tertiary/aromatic N) is 4. The van der Waals surface area contributed by atoms with Gasteiger partial charge in [0, 0.05) is 35.8 Å². The summed E-state index contributed by atoms with van der Waals surface area (Å²) >= 11 is 0. The molecule has 244 valence electrons. The Balaban J connectivity index is 1.65. The van der Waals surface area contributed by atoms with Crippen molar-refractivity contribution >= 4 is 32.4 Å². The van der Waals surface area contributed by atoms with Gasteiger partial charge < -0.3 is 19.1 Å². The summed E-state index contributed by atoms with van der Waals surface area (Å²) in [6.45, 7) is 10.5. The molecule has 46 heavy (non-hydrogen) atoms. The van der Waals surface area contributed by atoms with Crippen LogP contribution in [0.25, 0.3) is 12.2 Å². The van der Waals surface area contributed by atoms with E-state index in [0.717, 1.165) is 5.56 Å². The number of carbonyl (C=O) groups is 1. The number of rotatable bonds is 14. The molecule has 1 aliphatic heterocycles. The number of nitrogens with one attached hydrogen (secondary N) is 1. The van der Waals surface area contributed by atoms with Gasteiger partial charge >= 0.3 is 5.69 Å². The zero-order valence-corrected chi connectivity index (χ0v) is 27.7. The Bertz CT molecular complexity index is 1570. The molecule has 4 rings (SSSR count). The SMILES string of the molecule is CC[C@H]1O[C@@H](n2cc(/C=C/c3ccc(F)cc3)c(NC(=O)c3ccccc3)nc2=O)C[C@H]1OP(OCCC#N)N(C(C)C)C(C)C. The molecule has 1 unspecified atom stereocenters. The van der Waals surface area contributed by atoms with E-state index in [2.05, 4.69) is 48.7 Å². The second kappa shape index (κ2) is 16.7. The van der Waals surface area contributed by atoms with Gasteiger partial charge in [0.1, 0.15) is 17.9 Å². The predicted molar refractivity (Wildman–Crippen MR) is 177 cm³/mol. The van der Waals surface area contributed by atoms with Gasteiger partial charge in [-0.25, -0.2) is 13.9 Å². The van der Waals surface area contributed by atoms with Crippen LogP contribution in [-0.4, -0.2) is 51.0 Å². The normalized spacial score (nSPS) is 18.8. The molecule has 0 saturated carbocycles. The lowest BCUT2D eigenvalue weighted by Gasteiger charge is -2.37. The quantitative estimate of drug-likeness (QED) is 0.144. The number of anilines is 1. The molecule has 2 heterocycles. The van der Waals surface area contributed by atoms with E-state index in [4.69, 9.17) is 19.0 Å². The van der Waals surface area contributed by atoms with E-state index in [9.17, 15) is 14.0 Å². The number of benzene rings is 2. The number of amides is 1. The molecule has 0 aliphatic carbocycles. The molecule has 4 atom stereocenters. The summed E-state index contributed by atoms with van der Waals surface area (Å²) in [7, 11) is -1.52. The van der Waals surface area contributed by atoms with Gasteiger partial charge in [-0.15, -0.1) is 0 Å². The molecule has 0 radical (unpaired) electrons. The molecule has 1 fully saturated rings. The van der Waals surface area contributed by atoms with Crippen molar-refractivity contribution in [1.82, 2.24) is 14.2 Å². The first-order chi connectivity index (χ1) is 22.1. The third kappa shape index (κ3) is 9.15. The van der Waals surface area contributed by atoms with E-state index in [1.165, 1.54) is 16.7 Å². The van der Waals surface area contributed by atoms with E-state index in [-0.39, 0.29) is 49.0 Å². The fourth-order valence-electron chi connectivity index (χ4n) is 5.20. The lowest BCUT2D eigenvalue weighted by Crippen LogP contribution is -2.35. The Morgan fingerprint density at radius 3 is 2.50 bits per heavy atom. The average Bonchev–Trinajstić information content (AvgIpc) is 3.44. The van der Waals surface area contributed by atoms with Gasteiger partial charge in [0.2, 0.25) is 0 Å². The van der Waals surface area contributed by atoms with Crippen LogP contribution in [0.5, 0.6) is 0 Å². The van der Waals surface area contributed by atoms with Gasteiger partial charge in [-0.1, -0.05) is 43.3 Å². The molecular weight excluding hydrogens is 608 g/mol. The van der Waals surface area contributed by atoms with Crippen molar-refractivity contribution in [1.29, 1.82) is 5.26 Å². The molecule has 1 saturated heterocycles. The summed E-state index contributed by atoms with van der Waals surface area (Å²) < 4.78 is 36.1. The number of carbonyl (C=O) groups excluding carboxylic acids is 1. The van der Waals surface area contributed by atoms with Crippen molar-refractivity contribution in [2.24, 2.45) is 0 Å². The standard InChI is InChI=1S/C34H41FN5O5P/c1-6-29-30(45-46(43-20-10-19-36)40(23(2)3)24(4)5)21-31(44-29)39-22-27(16-13-25-14-17-28(35)18-15-25)32(38-34(39)42)37-33(41)26-11-8-7-9-12-26/h7-9,11-18,22-24,29-31H,6,10,20-21H2,1-5H3,(H,37,38,41,42)/b16-13+/t29-,30-,31-,46?/m1/s1. The highest BCUT2D eigenvalue weighted by Gasteiger charge is 2.40. The van der Waals surface area contributed by atoms with Crippen molar-refractivity contribution in [3.8, 4) is 6.07 Å². The van der Waals surface area contributed by atoms with Crippen LogP contribution in [0.2, 0.25) is 0 Å².